The van der Waals surface area contributed by atoms with E-state index < -0.39 is 34.7 Å². The molecule has 0 unspecified atom stereocenters. The first-order chi connectivity index (χ1) is 71.6. The molecule has 0 aromatic carbocycles. The Balaban J connectivity index is 0.000000105. The molecule has 0 bridgehead atoms. The third-order valence-corrected chi connectivity index (χ3v) is 46.5. The van der Waals surface area contributed by atoms with Crippen LogP contribution in [0.3, 0.4) is 0 Å². The molecule has 16 fully saturated rings. The van der Waals surface area contributed by atoms with Gasteiger partial charge in [0.1, 0.15) is 17.9 Å². The first-order valence-corrected chi connectivity index (χ1v) is 59.4. The second kappa shape index (κ2) is 42.0. The Labute approximate surface area is 893 Å². The first kappa shape index (κ1) is 105. The van der Waals surface area contributed by atoms with Crippen LogP contribution in [0.5, 0.6) is 0 Å². The quantitative estimate of drug-likeness (QED) is 0.0403. The molecule has 5 heterocycles. The topological polar surface area (TPSA) is 264 Å². The van der Waals surface area contributed by atoms with Crippen LogP contribution >= 0.6 is 11.6 Å². The van der Waals surface area contributed by atoms with Crippen molar-refractivity contribution in [2.24, 2.45) is 181 Å². The highest BCUT2D eigenvalue weighted by atomic mass is 35.5. The van der Waals surface area contributed by atoms with E-state index in [1.807, 2.05) is 6.92 Å². The van der Waals surface area contributed by atoms with Crippen molar-refractivity contribution in [1.82, 2.24) is 75.0 Å². The summed E-state index contributed by atoms with van der Waals surface area (Å²) < 4.78 is 18.7. The summed E-state index contributed by atoms with van der Waals surface area (Å²) in [5, 5.41) is 99.2. The second-order valence-corrected chi connectivity index (χ2v) is 54.3. The third-order valence-electron chi connectivity index (χ3n) is 46.5. The molecule has 804 valence electrons. The fourth-order valence-corrected chi connectivity index (χ4v) is 39.7. The van der Waals surface area contributed by atoms with Gasteiger partial charge in [0, 0.05) is 31.2 Å². The molecule has 21 aliphatic rings. The predicted molar refractivity (Wildman–Crippen MR) is 581 cm³/mol. The lowest BCUT2D eigenvalue weighted by Crippen LogP contribution is -2.48. The minimum Gasteiger partial charge on any atom is -0.390 e. The lowest BCUT2D eigenvalue weighted by molar-refractivity contribution is -0.0676. The Kier molecular flexibility index (Phi) is 29.8. The normalized spacial score (nSPS) is 43.3. The van der Waals surface area contributed by atoms with E-state index in [1.54, 1.807) is 98.6 Å². The fraction of sp³-hybridized carbons (Fsp3) is 0.730. The van der Waals surface area contributed by atoms with Crippen LogP contribution < -0.4 is 0 Å². The number of allylic oxidation sites excluding steroid dienone is 10. The number of alkyl halides is 1. The van der Waals surface area contributed by atoms with Crippen molar-refractivity contribution in [3.8, 4) is 23.1 Å². The smallest absolute Gasteiger partial charge is 0.130 e. The number of ether oxygens (including phenoxy) is 1. The van der Waals surface area contributed by atoms with Crippen LogP contribution in [0.4, 0.5) is 4.39 Å². The number of hydrogen-bond donors (Lipinski definition) is 5. The van der Waals surface area contributed by atoms with Gasteiger partial charge in [-0.05, 0) is 450 Å². The molecule has 23 heteroatoms. The third kappa shape index (κ3) is 20.4. The minimum atomic E-state index is -1.10. The Morgan fingerprint density at radius 1 is 0.322 bits per heavy atom. The summed E-state index contributed by atoms with van der Waals surface area (Å²) in [4.78, 5) is 8.88. The van der Waals surface area contributed by atoms with Crippen LogP contribution in [0, 0.1) is 204 Å². The summed E-state index contributed by atoms with van der Waals surface area (Å²) in [5.41, 5.74) is 11.8. The molecule has 21 nitrogen and oxygen atoms in total. The van der Waals surface area contributed by atoms with Crippen LogP contribution in [0.15, 0.2) is 181 Å². The molecule has 5 N–H and O–H groups in total. The summed E-state index contributed by atoms with van der Waals surface area (Å²) in [6, 6.07) is 0. The monoisotopic (exact) mass is 2050 g/mol. The summed E-state index contributed by atoms with van der Waals surface area (Å²) in [5.74, 6) is 28.0. The number of methoxy groups -OCH3 is 1. The van der Waals surface area contributed by atoms with Gasteiger partial charge in [-0.2, -0.15) is 75.0 Å². The zero-order valence-electron chi connectivity index (χ0n) is 91.0. The predicted octanol–water partition coefficient (Wildman–Crippen LogP) is 24.0. The van der Waals surface area contributed by atoms with Crippen molar-refractivity contribution >= 4 is 11.6 Å². The van der Waals surface area contributed by atoms with E-state index in [-0.39, 0.29) is 0 Å². The molecule has 0 radical (unpaired) electrons. The van der Waals surface area contributed by atoms with Gasteiger partial charge in [0.2, 0.25) is 0 Å². The molecule has 0 saturated heterocycles. The number of aromatic nitrogens is 15. The van der Waals surface area contributed by atoms with Gasteiger partial charge < -0.3 is 30.3 Å². The Hall–Kier alpha value is -7.80. The largest absolute Gasteiger partial charge is 0.390 e. The summed E-state index contributed by atoms with van der Waals surface area (Å²) in [6.07, 6.45) is 77.4. The van der Waals surface area contributed by atoms with Crippen molar-refractivity contribution in [3.05, 3.63) is 181 Å². The van der Waals surface area contributed by atoms with E-state index in [0.717, 1.165) is 211 Å². The molecule has 0 amide bonds. The summed E-state index contributed by atoms with van der Waals surface area (Å²) >= 11 is 5.61. The number of aliphatic hydroxyl groups is 5. The van der Waals surface area contributed by atoms with Gasteiger partial charge >= 0.3 is 0 Å². The van der Waals surface area contributed by atoms with Crippen LogP contribution in [0.1, 0.15) is 311 Å². The highest BCUT2D eigenvalue weighted by Crippen LogP contribution is 2.72. The van der Waals surface area contributed by atoms with Crippen molar-refractivity contribution in [3.63, 3.8) is 0 Å². The van der Waals surface area contributed by atoms with Crippen LogP contribution in [-0.2, 0) is 37.5 Å². The Morgan fingerprint density at radius 3 is 0.852 bits per heavy atom. The maximum Gasteiger partial charge on any atom is 0.130 e. The van der Waals surface area contributed by atoms with E-state index in [4.69, 9.17) is 16.3 Å². The van der Waals surface area contributed by atoms with Crippen molar-refractivity contribution < 1.29 is 34.7 Å². The van der Waals surface area contributed by atoms with Crippen LogP contribution in [-0.4, -0.2) is 149 Å². The van der Waals surface area contributed by atoms with E-state index >= 15 is 0 Å². The number of rotatable bonds is 18. The van der Waals surface area contributed by atoms with Crippen molar-refractivity contribution in [1.29, 1.82) is 0 Å². The summed E-state index contributed by atoms with van der Waals surface area (Å²) in [6.45, 7) is 40.7. The minimum absolute atomic E-state index is 0.324. The van der Waals surface area contributed by atoms with E-state index in [2.05, 4.69) is 172 Å². The first-order valence-electron chi connectivity index (χ1n) is 59.0. The average Bonchev–Trinajstić information content (AvgIpc) is 1.63. The Bertz CT molecular complexity index is 5950. The Morgan fingerprint density at radius 2 is 0.577 bits per heavy atom. The highest BCUT2D eigenvalue weighted by Gasteiger charge is 2.64. The highest BCUT2D eigenvalue weighted by molar-refractivity contribution is 6.30. The van der Waals surface area contributed by atoms with Gasteiger partial charge in [-0.3, -0.25) is 0 Å². The molecule has 35 atom stereocenters. The van der Waals surface area contributed by atoms with Crippen LogP contribution in [0.2, 0.25) is 0 Å². The van der Waals surface area contributed by atoms with Crippen molar-refractivity contribution in [2.45, 2.75) is 372 Å². The zero-order valence-corrected chi connectivity index (χ0v) is 91.7. The fourth-order valence-electron chi connectivity index (χ4n) is 39.5. The zero-order chi connectivity index (χ0) is 104. The van der Waals surface area contributed by atoms with Gasteiger partial charge in [0.15, 0.2) is 0 Å². The molecule has 5 aromatic rings. The average molecular weight is 2050 g/mol. The molecule has 5 aromatic heterocycles. The molecule has 16 saturated carbocycles. The van der Waals surface area contributed by atoms with Gasteiger partial charge in [0.05, 0.1) is 118 Å². The lowest BCUT2D eigenvalue weighted by atomic mass is 9.51. The van der Waals surface area contributed by atoms with Gasteiger partial charge in [-0.25, -0.2) is 4.39 Å². The number of hydrogen-bond acceptors (Lipinski definition) is 16. The molecule has 21 aliphatic carbocycles. The maximum atomic E-state index is 13.3. The van der Waals surface area contributed by atoms with Gasteiger partial charge in [-0.15, -0.1) is 0 Å². The number of halogens is 2. The molecule has 26 rings (SSSR count). The summed E-state index contributed by atoms with van der Waals surface area (Å²) in [7, 11) is 1.70. The maximum absolute atomic E-state index is 13.3. The standard InChI is InChI=1S/C28H37N3O.C25H32ClN3O.C25H37N3O2.C24H34FN3O.C24H35N3O/c1-19(18-31-29-15-16-30-31)25-7-8-26-24-6-5-21-17-28(32,13-9-20-3-4-20)14-11-22(21)23(24)10-12-27(25,26)2;1-17(16-29-27-13-14-28-29)22-5-6-23-21-4-3-18-15-25(30,11-12-26)10-8-19(18)20(21)7-9-24(22,23)2;1-17(15-28-26-12-13-27-28)22-6-7-23-21-5-4-18-14-25(29,16-30-3)11-9-19(18)20(21)8-10-24(22,23)2;1-16(14-28-26-11-12-27-28)21-5-6-22-20-4-3-17-13-24(29,15-25)10-8-18(17)19(20)7-9-23(21,22)2;1-16(15-27-25-12-13-26-27)21-6-7-22-20-5-4-17-14-23(2,28)10-8-18(17)19(20)9-11-24(21,22)3/h5,15-16,20,22-26,32H,1,3-4,6-8,10-12,14,17-18H2,2H3;3,13-14,19-23,30H,1,4-10,15-16H2,2H3;4,12-13,19-23,29H,1,5-11,14-16H2,2-3H3;3,11-12,18-22,29H,1,4-10,13-15H2,2H3;4,12-13,18-22,28H,1,5-11,14-15H2,2-3H3/t22-,23+,24+,25+,26-,27+,28+;19-,20+,21+,22+,23-,24+,25-;19-,20+,21+,22+,23-,24+,25+;2*18-,19+,20+,21+,22-,23+,24+/m00000/s1. The number of fused-ring (bicyclic) bond motifs is 25. The van der Waals surface area contributed by atoms with E-state index in [1.165, 1.54) is 217 Å². The molecular weight excluding hydrogens is 1870 g/mol. The van der Waals surface area contributed by atoms with Gasteiger partial charge in [0.25, 0.3) is 0 Å². The van der Waals surface area contributed by atoms with Gasteiger partial charge in [-0.1, -0.05) is 171 Å². The van der Waals surface area contributed by atoms with E-state index in [0.29, 0.717) is 112 Å². The lowest BCUT2D eigenvalue weighted by Gasteiger charge is -2.54. The molecule has 0 spiro atoms. The number of nitrogens with zero attached hydrogens (tertiary/aromatic N) is 15. The molecule has 0 aliphatic heterocycles. The molecular formula is C126H175ClFN15O6. The van der Waals surface area contributed by atoms with Crippen molar-refractivity contribution in [2.75, 3.05) is 20.4 Å². The molecule has 149 heavy (non-hydrogen) atoms. The van der Waals surface area contributed by atoms with E-state index in [9.17, 15) is 29.9 Å². The SMILES string of the molecule is C=C(Cn1nccn1)[C@H]1CC[C@H]2[C@@H]3CC=C4C[C@@](O)(C#CC5CC5)CC[C@@H]4[C@H]3CC[C@]12C.C=C(Cn1nccn1)[C@H]1CC[C@H]2[C@@H]3CC=C4C[C@@](O)(C#CCl)CC[C@@H]4[C@H]3CC[C@]12C.C=C(Cn1nccn1)[C@H]1CC[C@H]2[C@@H]3CC=C4C[C@@](O)(CF)CC[C@@H]4[C@H]3CC[C@]12C.C=C(Cn1nccn1)[C@H]1CC[C@H]2[C@@H]3CC=C4C[C@@](O)(COC)CC[C@@H]4[C@H]3CC[C@]12C.C=C(Cn1nccn1)[C@H]1CC[C@H]2[C@@H]3CC=C4C[C@](C)(O)CC[C@@H]4[C@H]3CC[C@]12C. The second-order valence-electron chi connectivity index (χ2n) is 54.2. The van der Waals surface area contributed by atoms with Crippen LogP contribution in [0.25, 0.3) is 0 Å².